The van der Waals surface area contributed by atoms with E-state index in [0.717, 1.165) is 64.5 Å². The molecule has 4 aromatic rings. The average molecular weight is 580 g/mol. The lowest BCUT2D eigenvalue weighted by molar-refractivity contribution is 0.0966. The summed E-state index contributed by atoms with van der Waals surface area (Å²) in [5, 5.41) is 10.6. The number of nitrogens with one attached hydrogen (secondary N) is 3. The summed E-state index contributed by atoms with van der Waals surface area (Å²) in [7, 11) is 0. The van der Waals surface area contributed by atoms with Crippen LogP contribution in [0.3, 0.4) is 0 Å². The van der Waals surface area contributed by atoms with Crippen LogP contribution in [-0.2, 0) is 11.3 Å². The van der Waals surface area contributed by atoms with E-state index in [1.807, 2.05) is 12.1 Å². The zero-order valence-electron chi connectivity index (χ0n) is 21.7. The molecule has 2 fully saturated rings. The second-order valence-electron chi connectivity index (χ2n) is 10.3. The fourth-order valence-electron chi connectivity index (χ4n) is 5.57. The smallest absolute Gasteiger partial charge is 0.255 e. The number of fused-ring (bicyclic) bond motifs is 2. The normalized spacial score (nSPS) is 20.9. The summed E-state index contributed by atoms with van der Waals surface area (Å²) in [6.45, 7) is 3.22. The van der Waals surface area contributed by atoms with Gasteiger partial charge in [-0.2, -0.15) is 4.37 Å². The van der Waals surface area contributed by atoms with Gasteiger partial charge < -0.3 is 35.7 Å². The lowest BCUT2D eigenvalue weighted by Gasteiger charge is -2.30. The highest BCUT2D eigenvalue weighted by Crippen LogP contribution is 2.39. The summed E-state index contributed by atoms with van der Waals surface area (Å²) in [6.07, 6.45) is 5.87. The van der Waals surface area contributed by atoms with E-state index in [1.165, 1.54) is 22.9 Å². The van der Waals surface area contributed by atoms with Crippen LogP contribution in [0.15, 0.2) is 33.7 Å². The minimum atomic E-state index is -0.164. The number of nitrogens with zero attached hydrogens (tertiary/aromatic N) is 3. The van der Waals surface area contributed by atoms with E-state index >= 15 is 0 Å². The van der Waals surface area contributed by atoms with Gasteiger partial charge in [-0.3, -0.25) is 9.59 Å². The summed E-state index contributed by atoms with van der Waals surface area (Å²) in [4.78, 5) is 33.3. The Bertz CT molecular complexity index is 1640. The largest absolute Gasteiger partial charge is 0.459 e. The summed E-state index contributed by atoms with van der Waals surface area (Å²) < 4.78 is 16.6. The second kappa shape index (κ2) is 10.5. The van der Waals surface area contributed by atoms with Crippen molar-refractivity contribution in [3.63, 3.8) is 0 Å². The van der Waals surface area contributed by atoms with Gasteiger partial charge >= 0.3 is 0 Å². The molecule has 208 valence electrons. The minimum Gasteiger partial charge on any atom is -0.459 e. The molecule has 2 atom stereocenters. The number of amides is 1. The van der Waals surface area contributed by atoms with Crippen molar-refractivity contribution in [2.75, 3.05) is 41.8 Å². The zero-order valence-corrected chi connectivity index (χ0v) is 23.3. The van der Waals surface area contributed by atoms with Crippen LogP contribution in [0.4, 0.5) is 22.5 Å². The molecule has 1 amide bonds. The molecule has 0 spiro atoms. The Kier molecular flexibility index (Phi) is 6.66. The molecule has 1 saturated carbocycles. The Labute approximate surface area is 237 Å². The first-order chi connectivity index (χ1) is 19.5. The lowest BCUT2D eigenvalue weighted by Crippen LogP contribution is -2.42. The molecular weight excluding hydrogens is 550 g/mol. The quantitative estimate of drug-likeness (QED) is 0.265. The SMILES string of the molecule is N[C@@H]1CCCC[C@@H]1Nc1cc2c(c(Nc3cc(-c4coc5c(=O)cc(N6CCOCC6)sc45)sn3)n1)C(=O)NC2. The van der Waals surface area contributed by atoms with Crippen LogP contribution >= 0.6 is 22.9 Å². The molecule has 0 bridgehead atoms. The van der Waals surface area contributed by atoms with Crippen molar-refractivity contribution in [1.82, 2.24) is 14.7 Å². The van der Waals surface area contributed by atoms with E-state index in [9.17, 15) is 9.59 Å². The summed E-state index contributed by atoms with van der Waals surface area (Å²) in [5.41, 5.74) is 8.78. The predicted molar refractivity (Wildman–Crippen MR) is 157 cm³/mol. The van der Waals surface area contributed by atoms with Gasteiger partial charge in [0.05, 0.1) is 33.4 Å². The molecule has 0 unspecified atom stereocenters. The van der Waals surface area contributed by atoms with E-state index in [-0.39, 0.29) is 23.4 Å². The standard InChI is InChI=1S/C27H29N7O4S2/c28-16-3-1-2-4-17(16)30-20-9-14-12-29-27(36)23(14)26(31-20)32-21-11-19(40-33-21)15-13-38-24-18(35)10-22(39-25(15)24)34-5-7-37-8-6-34/h9-11,13,16-17H,1-8,12,28H2,(H,29,36)(H2,30,31,32,33)/t16-,17+/m1/s1. The highest BCUT2D eigenvalue weighted by molar-refractivity contribution is 7.23. The first-order valence-corrected chi connectivity index (χ1v) is 15.1. The van der Waals surface area contributed by atoms with Crippen LogP contribution in [0.25, 0.3) is 20.7 Å². The molecule has 4 aromatic heterocycles. The monoisotopic (exact) mass is 579 g/mol. The predicted octanol–water partition coefficient (Wildman–Crippen LogP) is 3.88. The molecule has 1 aliphatic carbocycles. The van der Waals surface area contributed by atoms with Crippen molar-refractivity contribution in [2.24, 2.45) is 5.73 Å². The van der Waals surface area contributed by atoms with Crippen LogP contribution in [-0.4, -0.2) is 53.7 Å². The van der Waals surface area contributed by atoms with Gasteiger partial charge in [-0.1, -0.05) is 12.8 Å². The molecule has 3 aliphatic rings. The number of pyridine rings is 1. The number of aromatic nitrogens is 2. The molecule has 5 N–H and O–H groups in total. The maximum atomic E-state index is 12.8. The number of carbonyl (C=O) groups excluding carboxylic acids is 1. The topological polar surface area (TPSA) is 148 Å². The number of hydrogen-bond acceptors (Lipinski definition) is 12. The zero-order chi connectivity index (χ0) is 27.2. The molecule has 0 radical (unpaired) electrons. The molecule has 1 saturated heterocycles. The van der Waals surface area contributed by atoms with Gasteiger partial charge in [-0.25, -0.2) is 4.98 Å². The summed E-state index contributed by atoms with van der Waals surface area (Å²) in [5.74, 6) is 1.54. The van der Waals surface area contributed by atoms with Crippen LogP contribution in [0.2, 0.25) is 0 Å². The van der Waals surface area contributed by atoms with Gasteiger partial charge in [0.2, 0.25) is 5.43 Å². The Morgan fingerprint density at radius 1 is 1.10 bits per heavy atom. The lowest BCUT2D eigenvalue weighted by atomic mass is 9.91. The molecular formula is C27H29N7O4S2. The number of nitrogens with two attached hydrogens (primary N) is 1. The highest BCUT2D eigenvalue weighted by Gasteiger charge is 2.28. The van der Waals surface area contributed by atoms with Crippen LogP contribution < -0.4 is 32.0 Å². The first-order valence-electron chi connectivity index (χ1n) is 13.5. The number of anilines is 4. The van der Waals surface area contributed by atoms with Gasteiger partial charge in [0, 0.05) is 49.4 Å². The fourth-order valence-corrected chi connectivity index (χ4v) is 7.54. The molecule has 7 rings (SSSR count). The van der Waals surface area contributed by atoms with Gasteiger partial charge in [0.1, 0.15) is 23.7 Å². The molecule has 40 heavy (non-hydrogen) atoms. The van der Waals surface area contributed by atoms with Crippen molar-refractivity contribution in [3.8, 4) is 10.4 Å². The number of ether oxygens (including phenoxy) is 1. The van der Waals surface area contributed by atoms with Crippen molar-refractivity contribution in [3.05, 3.63) is 45.8 Å². The Morgan fingerprint density at radius 2 is 1.95 bits per heavy atom. The summed E-state index contributed by atoms with van der Waals surface area (Å²) >= 11 is 2.83. The van der Waals surface area contributed by atoms with Crippen LogP contribution in [0, 0.1) is 0 Å². The minimum absolute atomic E-state index is 0.0744. The number of rotatable bonds is 6. The van der Waals surface area contributed by atoms with Crippen molar-refractivity contribution >= 4 is 61.5 Å². The fraction of sp³-hybridized carbons (Fsp3) is 0.407. The van der Waals surface area contributed by atoms with E-state index in [0.29, 0.717) is 48.4 Å². The highest BCUT2D eigenvalue weighted by atomic mass is 32.1. The first kappa shape index (κ1) is 25.4. The molecule has 13 heteroatoms. The molecule has 2 aliphatic heterocycles. The van der Waals surface area contributed by atoms with E-state index < -0.39 is 0 Å². The number of furan rings is 1. The Hall–Kier alpha value is -3.52. The maximum Gasteiger partial charge on any atom is 0.255 e. The van der Waals surface area contributed by atoms with E-state index in [2.05, 4.69) is 25.2 Å². The van der Waals surface area contributed by atoms with Crippen molar-refractivity contribution in [2.45, 2.75) is 44.3 Å². The van der Waals surface area contributed by atoms with Gasteiger partial charge in [0.15, 0.2) is 5.58 Å². The van der Waals surface area contributed by atoms with Crippen molar-refractivity contribution < 1.29 is 13.9 Å². The van der Waals surface area contributed by atoms with Crippen LogP contribution in [0.5, 0.6) is 0 Å². The van der Waals surface area contributed by atoms with E-state index in [1.54, 1.807) is 12.3 Å². The maximum absolute atomic E-state index is 12.8. The number of carbonyl (C=O) groups is 1. The summed E-state index contributed by atoms with van der Waals surface area (Å²) in [6, 6.07) is 5.69. The van der Waals surface area contributed by atoms with E-state index in [4.69, 9.17) is 19.9 Å². The third-order valence-corrected chi connectivity index (χ3v) is 9.71. The second-order valence-corrected chi connectivity index (χ2v) is 12.2. The number of hydrogen-bond donors (Lipinski definition) is 4. The van der Waals surface area contributed by atoms with Crippen LogP contribution in [0.1, 0.15) is 41.6 Å². The molecule has 11 nitrogen and oxygen atoms in total. The third kappa shape index (κ3) is 4.72. The molecule has 0 aromatic carbocycles. The third-order valence-electron chi connectivity index (χ3n) is 7.70. The average Bonchev–Trinajstić information content (AvgIpc) is 3.69. The number of morpholine rings is 1. The molecule has 6 heterocycles. The van der Waals surface area contributed by atoms with Crippen molar-refractivity contribution in [1.29, 1.82) is 0 Å². The van der Waals surface area contributed by atoms with Gasteiger partial charge in [-0.15, -0.1) is 11.3 Å². The van der Waals surface area contributed by atoms with Gasteiger partial charge in [-0.05, 0) is 36.0 Å². The Morgan fingerprint density at radius 3 is 2.80 bits per heavy atom. The van der Waals surface area contributed by atoms with Gasteiger partial charge in [0.25, 0.3) is 5.91 Å². The Balaban J connectivity index is 1.19.